The standard InChI is InChI=1S/C9H12O5S2/c1-13-8(10)9-3-4-2-5(9)6(7(4)15)14-16(9,11)12/h4-7,15H,2-3H2,1H3. The lowest BCUT2D eigenvalue weighted by Gasteiger charge is -2.28. The first-order chi connectivity index (χ1) is 7.44. The Balaban J connectivity index is 2.16. The smallest absolute Gasteiger partial charge is 0.330 e. The van der Waals surface area contributed by atoms with E-state index in [1.54, 1.807) is 0 Å². The minimum atomic E-state index is -3.86. The number of methoxy groups -OCH3 is 1. The molecule has 0 N–H and O–H groups in total. The second kappa shape index (κ2) is 2.94. The van der Waals surface area contributed by atoms with E-state index in [9.17, 15) is 13.2 Å². The van der Waals surface area contributed by atoms with Crippen molar-refractivity contribution in [2.24, 2.45) is 11.8 Å². The van der Waals surface area contributed by atoms with E-state index in [-0.39, 0.29) is 23.5 Å². The summed E-state index contributed by atoms with van der Waals surface area (Å²) in [5, 5.41) is -0.0833. The van der Waals surface area contributed by atoms with Gasteiger partial charge in [-0.15, -0.1) is 0 Å². The van der Waals surface area contributed by atoms with E-state index in [4.69, 9.17) is 4.18 Å². The molecule has 5 nitrogen and oxygen atoms in total. The fourth-order valence-corrected chi connectivity index (χ4v) is 6.06. The van der Waals surface area contributed by atoms with Gasteiger partial charge in [-0.1, -0.05) is 0 Å². The van der Waals surface area contributed by atoms with Crippen molar-refractivity contribution >= 4 is 28.7 Å². The van der Waals surface area contributed by atoms with Crippen molar-refractivity contribution in [1.82, 2.24) is 0 Å². The van der Waals surface area contributed by atoms with E-state index in [0.717, 1.165) is 0 Å². The highest BCUT2D eigenvalue weighted by molar-refractivity contribution is 7.89. The first kappa shape index (κ1) is 10.9. The number of ether oxygens (including phenoxy) is 1. The van der Waals surface area contributed by atoms with Gasteiger partial charge in [0.2, 0.25) is 0 Å². The summed E-state index contributed by atoms with van der Waals surface area (Å²) in [4.78, 5) is 11.8. The van der Waals surface area contributed by atoms with Crippen LogP contribution in [0.3, 0.4) is 0 Å². The second-order valence-electron chi connectivity index (χ2n) is 4.69. The fourth-order valence-electron chi connectivity index (χ4n) is 3.46. The van der Waals surface area contributed by atoms with Crippen molar-refractivity contribution in [2.75, 3.05) is 7.11 Å². The molecule has 0 radical (unpaired) electrons. The highest BCUT2D eigenvalue weighted by Crippen LogP contribution is 2.62. The van der Waals surface area contributed by atoms with Gasteiger partial charge in [-0.3, -0.25) is 8.98 Å². The van der Waals surface area contributed by atoms with E-state index in [1.165, 1.54) is 7.11 Å². The van der Waals surface area contributed by atoms with Gasteiger partial charge in [0.1, 0.15) is 0 Å². The maximum absolute atomic E-state index is 12.0. The molecule has 3 aliphatic rings. The van der Waals surface area contributed by atoms with Gasteiger partial charge in [0.15, 0.2) is 4.75 Å². The molecule has 2 saturated carbocycles. The largest absolute Gasteiger partial charge is 0.468 e. The molecule has 0 aromatic carbocycles. The van der Waals surface area contributed by atoms with Crippen LogP contribution in [0.1, 0.15) is 12.8 Å². The van der Waals surface area contributed by atoms with Gasteiger partial charge in [-0.25, -0.2) is 0 Å². The lowest BCUT2D eigenvalue weighted by molar-refractivity contribution is -0.145. The molecule has 7 heteroatoms. The Hall–Kier alpha value is -0.270. The third kappa shape index (κ3) is 0.937. The normalized spacial score (nSPS) is 51.9. The van der Waals surface area contributed by atoms with Gasteiger partial charge in [0, 0.05) is 11.2 Å². The number of carbonyl (C=O) groups is 1. The van der Waals surface area contributed by atoms with Crippen molar-refractivity contribution in [1.29, 1.82) is 0 Å². The molecule has 2 aliphatic carbocycles. The van der Waals surface area contributed by atoms with Crippen LogP contribution < -0.4 is 0 Å². The topological polar surface area (TPSA) is 69.7 Å². The van der Waals surface area contributed by atoms with E-state index in [2.05, 4.69) is 17.4 Å². The van der Waals surface area contributed by atoms with Crippen molar-refractivity contribution in [3.8, 4) is 0 Å². The van der Waals surface area contributed by atoms with Gasteiger partial charge in [0.25, 0.3) is 10.1 Å². The van der Waals surface area contributed by atoms with Crippen LogP contribution in [0.5, 0.6) is 0 Å². The Labute approximate surface area is 99.0 Å². The molecule has 90 valence electrons. The number of fused-ring (bicyclic) bond motifs is 1. The summed E-state index contributed by atoms with van der Waals surface area (Å²) in [5.74, 6) is -0.824. The molecule has 3 fully saturated rings. The molecule has 2 bridgehead atoms. The Morgan fingerprint density at radius 3 is 2.81 bits per heavy atom. The minimum absolute atomic E-state index is 0.0833. The monoisotopic (exact) mass is 264 g/mol. The van der Waals surface area contributed by atoms with E-state index >= 15 is 0 Å². The van der Waals surface area contributed by atoms with E-state index in [1.807, 2.05) is 0 Å². The lowest BCUT2D eigenvalue weighted by atomic mass is 9.85. The minimum Gasteiger partial charge on any atom is -0.468 e. The number of esters is 1. The van der Waals surface area contributed by atoms with Crippen LogP contribution in [0.25, 0.3) is 0 Å². The maximum Gasteiger partial charge on any atom is 0.330 e. The molecule has 3 rings (SSSR count). The zero-order chi connectivity index (χ0) is 11.7. The quantitative estimate of drug-likeness (QED) is 0.409. The Kier molecular flexibility index (Phi) is 2.00. The first-order valence-corrected chi connectivity index (χ1v) is 7.06. The average molecular weight is 264 g/mol. The predicted molar refractivity (Wildman–Crippen MR) is 57.5 cm³/mol. The second-order valence-corrected chi connectivity index (χ2v) is 7.12. The highest BCUT2D eigenvalue weighted by atomic mass is 32.2. The Morgan fingerprint density at radius 1 is 1.56 bits per heavy atom. The third-order valence-corrected chi connectivity index (χ3v) is 6.87. The van der Waals surface area contributed by atoms with Crippen LogP contribution in [0, 0.1) is 11.8 Å². The van der Waals surface area contributed by atoms with Crippen LogP contribution in [0.4, 0.5) is 0 Å². The molecule has 0 aromatic rings. The molecule has 0 spiro atoms. The first-order valence-electron chi connectivity index (χ1n) is 5.13. The number of hydrogen-bond donors (Lipinski definition) is 1. The summed E-state index contributed by atoms with van der Waals surface area (Å²) in [7, 11) is -2.65. The number of thiol groups is 1. The summed E-state index contributed by atoms with van der Waals surface area (Å²) in [6.45, 7) is 0. The van der Waals surface area contributed by atoms with Crippen molar-refractivity contribution in [2.45, 2.75) is 28.9 Å². The van der Waals surface area contributed by atoms with Gasteiger partial charge in [-0.05, 0) is 18.8 Å². The molecule has 1 saturated heterocycles. The van der Waals surface area contributed by atoms with Gasteiger partial charge in [-0.2, -0.15) is 21.0 Å². The van der Waals surface area contributed by atoms with Gasteiger partial charge >= 0.3 is 5.97 Å². The highest BCUT2D eigenvalue weighted by Gasteiger charge is 2.76. The fraction of sp³-hybridized carbons (Fsp3) is 0.889. The third-order valence-electron chi connectivity index (χ3n) is 4.15. The Morgan fingerprint density at radius 2 is 2.25 bits per heavy atom. The van der Waals surface area contributed by atoms with Crippen LogP contribution in [0.2, 0.25) is 0 Å². The Bertz CT molecular complexity index is 459. The molecular formula is C9H12O5S2. The molecule has 1 heterocycles. The van der Waals surface area contributed by atoms with Crippen molar-refractivity contribution in [3.05, 3.63) is 0 Å². The van der Waals surface area contributed by atoms with E-state index < -0.39 is 26.9 Å². The average Bonchev–Trinajstić information content (AvgIpc) is 2.79. The summed E-state index contributed by atoms with van der Waals surface area (Å²) in [6, 6.07) is 0. The van der Waals surface area contributed by atoms with Crippen LogP contribution in [-0.2, 0) is 23.8 Å². The van der Waals surface area contributed by atoms with Crippen LogP contribution in [-0.4, -0.2) is 37.6 Å². The molecule has 5 atom stereocenters. The molecule has 16 heavy (non-hydrogen) atoms. The summed E-state index contributed by atoms with van der Waals surface area (Å²) >= 11 is 4.37. The molecule has 0 aromatic heterocycles. The zero-order valence-corrected chi connectivity index (χ0v) is 10.3. The molecular weight excluding hydrogens is 252 g/mol. The molecule has 5 unspecified atom stereocenters. The predicted octanol–water partition coefficient (Wildman–Crippen LogP) is -0.0350. The van der Waals surface area contributed by atoms with Gasteiger partial charge < -0.3 is 4.74 Å². The number of carbonyl (C=O) groups excluding carboxylic acids is 1. The van der Waals surface area contributed by atoms with Crippen LogP contribution in [0.15, 0.2) is 0 Å². The number of hydrogen-bond acceptors (Lipinski definition) is 6. The zero-order valence-electron chi connectivity index (χ0n) is 8.62. The molecule has 1 aliphatic heterocycles. The van der Waals surface area contributed by atoms with Crippen molar-refractivity contribution in [3.63, 3.8) is 0 Å². The van der Waals surface area contributed by atoms with Gasteiger partial charge in [0.05, 0.1) is 13.2 Å². The summed E-state index contributed by atoms with van der Waals surface area (Å²) in [5.41, 5.74) is 0. The lowest BCUT2D eigenvalue weighted by Crippen LogP contribution is -2.49. The SMILES string of the molecule is COC(=O)C12CC3CC1C(OS2(=O)=O)C3S. The summed E-state index contributed by atoms with van der Waals surface area (Å²) < 4.78 is 32.3. The summed E-state index contributed by atoms with van der Waals surface area (Å²) in [6.07, 6.45) is 0.524. The number of rotatable bonds is 1. The van der Waals surface area contributed by atoms with E-state index in [0.29, 0.717) is 6.42 Å². The maximum atomic E-state index is 12.0. The van der Waals surface area contributed by atoms with Crippen LogP contribution >= 0.6 is 12.6 Å². The molecule has 0 amide bonds. The van der Waals surface area contributed by atoms with Crippen molar-refractivity contribution < 1.29 is 22.1 Å².